The largest absolute Gasteiger partial charge is 0.476 e. The van der Waals surface area contributed by atoms with E-state index in [9.17, 15) is 14.3 Å². The number of benzene rings is 1. The van der Waals surface area contributed by atoms with E-state index in [1.807, 2.05) is 0 Å². The van der Waals surface area contributed by atoms with Gasteiger partial charge in [-0.25, -0.2) is 14.2 Å². The van der Waals surface area contributed by atoms with Crippen LogP contribution in [0.4, 0.5) is 4.39 Å². The molecule has 2 aromatic rings. The van der Waals surface area contributed by atoms with Crippen LogP contribution < -0.4 is 0 Å². The summed E-state index contributed by atoms with van der Waals surface area (Å²) in [5, 5.41) is 9.58. The highest BCUT2D eigenvalue weighted by Gasteiger charge is 2.50. The maximum atomic E-state index is 14.1. The number of imidazole rings is 1. The number of carboxylic acids is 1. The Morgan fingerprint density at radius 2 is 1.78 bits per heavy atom. The smallest absolute Gasteiger partial charge is 0.356 e. The van der Waals surface area contributed by atoms with E-state index in [1.54, 1.807) is 18.2 Å². The fraction of sp³-hybridized carbons (Fsp3) is 0.545. The normalized spacial score (nSPS) is 31.4. The van der Waals surface area contributed by atoms with E-state index < -0.39 is 11.8 Å². The number of halogens is 1. The number of nitrogens with zero attached hydrogens (tertiary/aromatic N) is 1. The predicted octanol–water partition coefficient (Wildman–Crippen LogP) is 5.06. The topological polar surface area (TPSA) is 66.0 Å². The number of hydrogen-bond donors (Lipinski definition) is 2. The molecule has 4 aliphatic rings. The van der Waals surface area contributed by atoms with Crippen molar-refractivity contribution in [1.82, 2.24) is 9.97 Å². The number of H-pyrrole nitrogens is 1. The Bertz CT molecular complexity index is 853. The molecule has 4 fully saturated rings. The molecule has 4 bridgehead atoms. The highest BCUT2D eigenvalue weighted by Crippen LogP contribution is 2.61. The van der Waals surface area contributed by atoms with Crippen LogP contribution >= 0.6 is 0 Å². The van der Waals surface area contributed by atoms with E-state index in [4.69, 9.17) is 0 Å². The van der Waals surface area contributed by atoms with Gasteiger partial charge in [0.15, 0.2) is 5.69 Å². The van der Waals surface area contributed by atoms with Gasteiger partial charge in [-0.15, -0.1) is 0 Å². The monoisotopic (exact) mass is 368 g/mol. The molecule has 0 spiro atoms. The number of carboxylic acid groups (broad SMARTS) is 1. The summed E-state index contributed by atoms with van der Waals surface area (Å²) in [6.07, 6.45) is 9.80. The molecular formula is C22H25FN2O2. The van der Waals surface area contributed by atoms with E-state index in [1.165, 1.54) is 44.6 Å². The molecule has 0 radical (unpaired) electrons. The Hall–Kier alpha value is -2.17. The van der Waals surface area contributed by atoms with E-state index in [0.717, 1.165) is 24.2 Å². The average Bonchev–Trinajstić information content (AvgIpc) is 3.04. The average molecular weight is 368 g/mol. The Morgan fingerprint density at radius 1 is 1.15 bits per heavy atom. The first-order chi connectivity index (χ1) is 13.0. The van der Waals surface area contributed by atoms with Gasteiger partial charge in [0.2, 0.25) is 0 Å². The molecule has 1 aromatic heterocycles. The number of aromatic amines is 1. The zero-order chi connectivity index (χ0) is 18.6. The summed E-state index contributed by atoms with van der Waals surface area (Å²) in [6.45, 7) is 0. The third-order valence-electron chi connectivity index (χ3n) is 7.18. The maximum Gasteiger partial charge on any atom is 0.356 e. The minimum Gasteiger partial charge on any atom is -0.476 e. The van der Waals surface area contributed by atoms with Crippen LogP contribution in [-0.4, -0.2) is 21.0 Å². The SMILES string of the molecule is O=C(O)c1nc(-c2ccccc2F)[nH]c1CCC12CC3CC(CC(C3)C1)C2. The lowest BCUT2D eigenvalue weighted by atomic mass is 9.48. The summed E-state index contributed by atoms with van der Waals surface area (Å²) in [7, 11) is 0. The Balaban J connectivity index is 1.40. The lowest BCUT2D eigenvalue weighted by Crippen LogP contribution is -2.46. The standard InChI is InChI=1S/C22H25FN2O2/c23-17-4-2-1-3-16(17)20-24-18(19(25-20)21(26)27)5-6-22-10-13-7-14(11-22)9-15(8-13)12-22/h1-4,13-15H,5-12H2,(H,24,25)(H,26,27). The van der Waals surface area contributed by atoms with Crippen LogP contribution in [0.15, 0.2) is 24.3 Å². The van der Waals surface area contributed by atoms with Gasteiger partial charge in [0.05, 0.1) is 5.56 Å². The van der Waals surface area contributed by atoms with Crippen molar-refractivity contribution in [3.63, 3.8) is 0 Å². The molecule has 2 N–H and O–H groups in total. The number of rotatable bonds is 5. The summed E-state index contributed by atoms with van der Waals surface area (Å²) >= 11 is 0. The zero-order valence-electron chi connectivity index (χ0n) is 15.4. The summed E-state index contributed by atoms with van der Waals surface area (Å²) in [4.78, 5) is 19.0. The number of aryl methyl sites for hydroxylation is 1. The zero-order valence-corrected chi connectivity index (χ0v) is 15.4. The first-order valence-electron chi connectivity index (χ1n) is 10.1. The maximum absolute atomic E-state index is 14.1. The van der Waals surface area contributed by atoms with Crippen LogP contribution in [0, 0.1) is 29.0 Å². The van der Waals surface area contributed by atoms with Crippen molar-refractivity contribution in [3.05, 3.63) is 41.5 Å². The number of carbonyl (C=O) groups is 1. The third kappa shape index (κ3) is 2.97. The van der Waals surface area contributed by atoms with Gasteiger partial charge in [-0.1, -0.05) is 12.1 Å². The van der Waals surface area contributed by atoms with E-state index >= 15 is 0 Å². The van der Waals surface area contributed by atoms with Gasteiger partial charge < -0.3 is 10.1 Å². The van der Waals surface area contributed by atoms with Crippen molar-refractivity contribution in [2.24, 2.45) is 23.2 Å². The molecule has 0 atom stereocenters. The van der Waals surface area contributed by atoms with Crippen molar-refractivity contribution in [2.75, 3.05) is 0 Å². The summed E-state index contributed by atoms with van der Waals surface area (Å²) < 4.78 is 14.1. The highest BCUT2D eigenvalue weighted by molar-refractivity contribution is 5.87. The molecule has 27 heavy (non-hydrogen) atoms. The van der Waals surface area contributed by atoms with Crippen LogP contribution in [0.3, 0.4) is 0 Å². The second-order valence-corrected chi connectivity index (χ2v) is 9.12. The molecule has 0 aliphatic heterocycles. The van der Waals surface area contributed by atoms with Crippen LogP contribution in [0.5, 0.6) is 0 Å². The molecule has 5 heteroatoms. The fourth-order valence-electron chi connectivity index (χ4n) is 6.53. The molecule has 1 aromatic carbocycles. The van der Waals surface area contributed by atoms with Crippen LogP contribution in [0.1, 0.15) is 61.1 Å². The molecule has 0 unspecified atom stereocenters. The first-order valence-corrected chi connectivity index (χ1v) is 10.1. The van der Waals surface area contributed by atoms with Crippen molar-refractivity contribution in [3.8, 4) is 11.4 Å². The molecule has 1 heterocycles. The predicted molar refractivity (Wildman–Crippen MR) is 99.9 cm³/mol. The third-order valence-corrected chi connectivity index (χ3v) is 7.18. The number of hydrogen-bond acceptors (Lipinski definition) is 2. The fourth-order valence-corrected chi connectivity index (χ4v) is 6.53. The van der Waals surface area contributed by atoms with Crippen LogP contribution in [0.25, 0.3) is 11.4 Å². The Kier molecular flexibility index (Phi) is 3.88. The van der Waals surface area contributed by atoms with Crippen molar-refractivity contribution >= 4 is 5.97 Å². The summed E-state index contributed by atoms with van der Waals surface area (Å²) in [5.41, 5.74) is 1.38. The van der Waals surface area contributed by atoms with E-state index in [0.29, 0.717) is 28.9 Å². The Morgan fingerprint density at radius 3 is 2.37 bits per heavy atom. The molecule has 4 aliphatic carbocycles. The molecule has 142 valence electrons. The summed E-state index contributed by atoms with van der Waals surface area (Å²) in [5.74, 6) is 1.51. The minimum atomic E-state index is -1.05. The van der Waals surface area contributed by atoms with Crippen LogP contribution in [0.2, 0.25) is 0 Å². The van der Waals surface area contributed by atoms with E-state index in [2.05, 4.69) is 9.97 Å². The van der Waals surface area contributed by atoms with Gasteiger partial charge in [-0.05, 0) is 86.7 Å². The van der Waals surface area contributed by atoms with Gasteiger partial charge in [0.25, 0.3) is 0 Å². The van der Waals surface area contributed by atoms with Gasteiger partial charge in [-0.3, -0.25) is 0 Å². The van der Waals surface area contributed by atoms with Crippen molar-refractivity contribution in [1.29, 1.82) is 0 Å². The van der Waals surface area contributed by atoms with E-state index in [-0.39, 0.29) is 5.69 Å². The van der Waals surface area contributed by atoms with Gasteiger partial charge >= 0.3 is 5.97 Å². The van der Waals surface area contributed by atoms with Gasteiger partial charge in [0.1, 0.15) is 11.6 Å². The molecule has 0 amide bonds. The molecule has 0 saturated heterocycles. The minimum absolute atomic E-state index is 0.0398. The lowest BCUT2D eigenvalue weighted by molar-refractivity contribution is -0.0571. The second-order valence-electron chi connectivity index (χ2n) is 9.12. The van der Waals surface area contributed by atoms with Crippen molar-refractivity contribution in [2.45, 2.75) is 51.4 Å². The quantitative estimate of drug-likeness (QED) is 0.775. The number of nitrogens with one attached hydrogen (secondary N) is 1. The highest BCUT2D eigenvalue weighted by atomic mass is 19.1. The Labute approximate surface area is 158 Å². The number of aromatic carboxylic acids is 1. The number of aromatic nitrogens is 2. The molecule has 6 rings (SSSR count). The lowest BCUT2D eigenvalue weighted by Gasteiger charge is -2.57. The van der Waals surface area contributed by atoms with Gasteiger partial charge in [-0.2, -0.15) is 0 Å². The molecule has 4 saturated carbocycles. The van der Waals surface area contributed by atoms with Crippen LogP contribution in [-0.2, 0) is 6.42 Å². The molecule has 4 nitrogen and oxygen atoms in total. The summed E-state index contributed by atoms with van der Waals surface area (Å²) in [6, 6.07) is 6.35. The second kappa shape index (κ2) is 6.18. The first kappa shape index (κ1) is 17.0. The van der Waals surface area contributed by atoms with Crippen molar-refractivity contribution < 1.29 is 14.3 Å². The van der Waals surface area contributed by atoms with Gasteiger partial charge in [0, 0.05) is 5.69 Å². The molecular weight excluding hydrogens is 343 g/mol.